The van der Waals surface area contributed by atoms with E-state index in [0.717, 1.165) is 51.4 Å². The smallest absolute Gasteiger partial charge is 0.257 e. The van der Waals surface area contributed by atoms with E-state index in [2.05, 4.69) is 34.0 Å². The molecule has 3 heterocycles. The van der Waals surface area contributed by atoms with Gasteiger partial charge in [0.1, 0.15) is 6.33 Å². The van der Waals surface area contributed by atoms with Gasteiger partial charge in [0.05, 0.1) is 11.3 Å². The number of amides is 1. The first kappa shape index (κ1) is 15.4. The van der Waals surface area contributed by atoms with Gasteiger partial charge in [0.25, 0.3) is 5.91 Å². The highest BCUT2D eigenvalue weighted by Gasteiger charge is 2.32. The molecule has 2 fully saturated rings. The summed E-state index contributed by atoms with van der Waals surface area (Å²) in [4.78, 5) is 25.6. The Morgan fingerprint density at radius 1 is 1.32 bits per heavy atom. The minimum absolute atomic E-state index is 0.0851. The van der Waals surface area contributed by atoms with E-state index in [-0.39, 0.29) is 11.8 Å². The fourth-order valence-electron chi connectivity index (χ4n) is 3.41. The molecular formula is C16H25N5O. The van der Waals surface area contributed by atoms with Crippen LogP contribution in [0.25, 0.3) is 0 Å². The van der Waals surface area contributed by atoms with Crippen LogP contribution in [-0.2, 0) is 0 Å². The van der Waals surface area contributed by atoms with Gasteiger partial charge in [-0.15, -0.1) is 0 Å². The third kappa shape index (κ3) is 3.13. The Balaban J connectivity index is 1.69. The molecular weight excluding hydrogens is 278 g/mol. The van der Waals surface area contributed by atoms with E-state index in [1.807, 2.05) is 4.90 Å². The molecule has 22 heavy (non-hydrogen) atoms. The van der Waals surface area contributed by atoms with Crippen molar-refractivity contribution in [1.29, 1.82) is 0 Å². The van der Waals surface area contributed by atoms with Crippen molar-refractivity contribution in [3.8, 4) is 0 Å². The summed E-state index contributed by atoms with van der Waals surface area (Å²) < 4.78 is 0. The summed E-state index contributed by atoms with van der Waals surface area (Å²) in [6.07, 6.45) is 4.26. The first-order chi connectivity index (χ1) is 10.7. The van der Waals surface area contributed by atoms with Gasteiger partial charge in [0.15, 0.2) is 0 Å². The Bertz CT molecular complexity index is 527. The van der Waals surface area contributed by atoms with Crippen molar-refractivity contribution in [2.45, 2.75) is 32.2 Å². The lowest BCUT2D eigenvalue weighted by Gasteiger charge is -2.32. The molecule has 0 aliphatic carbocycles. The Morgan fingerprint density at radius 3 is 2.82 bits per heavy atom. The number of piperazine rings is 1. The van der Waals surface area contributed by atoms with Crippen LogP contribution in [0.5, 0.6) is 0 Å². The molecule has 0 spiro atoms. The monoisotopic (exact) mass is 303 g/mol. The Hall–Kier alpha value is -1.53. The molecule has 0 radical (unpaired) electrons. The molecule has 6 nitrogen and oxygen atoms in total. The second-order valence-corrected chi connectivity index (χ2v) is 6.46. The minimum Gasteiger partial charge on any atom is -0.337 e. The van der Waals surface area contributed by atoms with Crippen LogP contribution in [0.15, 0.2) is 12.5 Å². The first-order valence-electron chi connectivity index (χ1n) is 8.20. The summed E-state index contributed by atoms with van der Waals surface area (Å²) in [6, 6.07) is 0.498. The zero-order valence-corrected chi connectivity index (χ0v) is 13.5. The van der Waals surface area contributed by atoms with E-state index in [0.29, 0.717) is 11.6 Å². The van der Waals surface area contributed by atoms with Gasteiger partial charge in [-0.05, 0) is 12.3 Å². The molecule has 1 aromatic heterocycles. The van der Waals surface area contributed by atoms with Gasteiger partial charge in [-0.25, -0.2) is 9.97 Å². The molecule has 0 bridgehead atoms. The average molecular weight is 303 g/mol. The van der Waals surface area contributed by atoms with E-state index in [4.69, 9.17) is 0 Å². The van der Waals surface area contributed by atoms with Gasteiger partial charge in [0, 0.05) is 51.5 Å². The number of nitrogens with one attached hydrogen (secondary N) is 1. The molecule has 1 N–H and O–H groups in total. The minimum atomic E-state index is 0.0851. The van der Waals surface area contributed by atoms with Crippen LogP contribution in [0.3, 0.4) is 0 Å². The first-order valence-corrected chi connectivity index (χ1v) is 8.20. The standard InChI is InChI=1S/C16H25N5O/c1-12(2)15-14(9-18-11-19-15)16(22)21-6-3-13(10-21)20-7-4-17-5-8-20/h9,11-13,17H,3-8,10H2,1-2H3. The molecule has 0 aromatic carbocycles. The van der Waals surface area contributed by atoms with Crippen molar-refractivity contribution >= 4 is 5.91 Å². The van der Waals surface area contributed by atoms with Crippen molar-refractivity contribution in [3.05, 3.63) is 23.8 Å². The summed E-state index contributed by atoms with van der Waals surface area (Å²) in [5.41, 5.74) is 1.52. The van der Waals surface area contributed by atoms with Crippen molar-refractivity contribution in [3.63, 3.8) is 0 Å². The maximum atomic E-state index is 12.8. The second kappa shape index (κ2) is 6.71. The number of carbonyl (C=O) groups is 1. The zero-order chi connectivity index (χ0) is 15.5. The topological polar surface area (TPSA) is 61.4 Å². The van der Waals surface area contributed by atoms with Crippen molar-refractivity contribution in [1.82, 2.24) is 25.1 Å². The number of carbonyl (C=O) groups excluding carboxylic acids is 1. The van der Waals surface area contributed by atoms with Gasteiger partial charge < -0.3 is 10.2 Å². The summed E-state index contributed by atoms with van der Waals surface area (Å²) in [7, 11) is 0. The number of nitrogens with zero attached hydrogens (tertiary/aromatic N) is 4. The summed E-state index contributed by atoms with van der Waals surface area (Å²) in [5, 5.41) is 3.38. The molecule has 2 aliphatic rings. The highest BCUT2D eigenvalue weighted by atomic mass is 16.2. The van der Waals surface area contributed by atoms with Crippen LogP contribution in [0.2, 0.25) is 0 Å². The summed E-state index contributed by atoms with van der Waals surface area (Å²) in [5.74, 6) is 0.315. The lowest BCUT2D eigenvalue weighted by Crippen LogP contribution is -2.49. The maximum absolute atomic E-state index is 12.8. The molecule has 0 saturated carbocycles. The number of hydrogen-bond acceptors (Lipinski definition) is 5. The van der Waals surface area contributed by atoms with Gasteiger partial charge >= 0.3 is 0 Å². The SMILES string of the molecule is CC(C)c1ncncc1C(=O)N1CCC(N2CCNCC2)C1. The number of rotatable bonds is 3. The maximum Gasteiger partial charge on any atom is 0.257 e. The quantitative estimate of drug-likeness (QED) is 0.891. The van der Waals surface area contributed by atoms with Crippen LogP contribution in [0, 0.1) is 0 Å². The fourth-order valence-corrected chi connectivity index (χ4v) is 3.41. The molecule has 2 saturated heterocycles. The molecule has 1 atom stereocenters. The van der Waals surface area contributed by atoms with Gasteiger partial charge in [0.2, 0.25) is 0 Å². The molecule has 2 aliphatic heterocycles. The third-order valence-electron chi connectivity index (χ3n) is 4.64. The van der Waals surface area contributed by atoms with E-state index >= 15 is 0 Å². The lowest BCUT2D eigenvalue weighted by atomic mass is 10.0. The average Bonchev–Trinajstić information content (AvgIpc) is 3.05. The van der Waals surface area contributed by atoms with Gasteiger partial charge in [-0.3, -0.25) is 9.69 Å². The van der Waals surface area contributed by atoms with E-state index < -0.39 is 0 Å². The van der Waals surface area contributed by atoms with Crippen LogP contribution in [0.4, 0.5) is 0 Å². The van der Waals surface area contributed by atoms with E-state index in [1.54, 1.807) is 6.20 Å². The highest BCUT2D eigenvalue weighted by molar-refractivity contribution is 5.95. The normalized spacial score (nSPS) is 23.2. The molecule has 120 valence electrons. The second-order valence-electron chi connectivity index (χ2n) is 6.46. The van der Waals surface area contributed by atoms with E-state index in [1.165, 1.54) is 6.33 Å². The Morgan fingerprint density at radius 2 is 2.09 bits per heavy atom. The van der Waals surface area contributed by atoms with Crippen LogP contribution in [0.1, 0.15) is 42.2 Å². The molecule has 6 heteroatoms. The molecule has 1 amide bonds. The summed E-state index contributed by atoms with van der Waals surface area (Å²) in [6.45, 7) is 10.0. The largest absolute Gasteiger partial charge is 0.337 e. The predicted molar refractivity (Wildman–Crippen MR) is 84.9 cm³/mol. The molecule has 3 rings (SSSR count). The number of hydrogen-bond donors (Lipinski definition) is 1. The summed E-state index contributed by atoms with van der Waals surface area (Å²) >= 11 is 0. The Labute approximate surface area is 131 Å². The van der Waals surface area contributed by atoms with Crippen molar-refractivity contribution in [2.75, 3.05) is 39.3 Å². The van der Waals surface area contributed by atoms with Crippen LogP contribution >= 0.6 is 0 Å². The predicted octanol–water partition coefficient (Wildman–Crippen LogP) is 0.720. The highest BCUT2D eigenvalue weighted by Crippen LogP contribution is 2.22. The van der Waals surface area contributed by atoms with E-state index in [9.17, 15) is 4.79 Å². The van der Waals surface area contributed by atoms with Gasteiger partial charge in [-0.1, -0.05) is 13.8 Å². The van der Waals surface area contributed by atoms with Crippen LogP contribution in [-0.4, -0.2) is 71.0 Å². The lowest BCUT2D eigenvalue weighted by molar-refractivity contribution is 0.0771. The zero-order valence-electron chi connectivity index (χ0n) is 13.5. The van der Waals surface area contributed by atoms with Crippen molar-refractivity contribution in [2.24, 2.45) is 0 Å². The number of aromatic nitrogens is 2. The fraction of sp³-hybridized carbons (Fsp3) is 0.688. The Kier molecular flexibility index (Phi) is 4.69. The molecule has 1 unspecified atom stereocenters. The van der Waals surface area contributed by atoms with Crippen molar-refractivity contribution < 1.29 is 4.79 Å². The van der Waals surface area contributed by atoms with Crippen LogP contribution < -0.4 is 5.32 Å². The van der Waals surface area contributed by atoms with Gasteiger partial charge in [-0.2, -0.15) is 0 Å². The number of likely N-dealkylation sites (tertiary alicyclic amines) is 1. The third-order valence-corrected chi connectivity index (χ3v) is 4.64. The molecule has 1 aromatic rings.